The molecule has 1 amide bonds. The maximum atomic E-state index is 12.0. The van der Waals surface area contributed by atoms with Gasteiger partial charge in [0.15, 0.2) is 0 Å². The number of carbonyl (C=O) groups excluding carboxylic acids is 1. The van der Waals surface area contributed by atoms with Crippen molar-refractivity contribution in [3.05, 3.63) is 23.9 Å². The lowest BCUT2D eigenvalue weighted by atomic mass is 9.76. The van der Waals surface area contributed by atoms with Crippen LogP contribution in [-0.2, 0) is 4.79 Å². The SMILES string of the molecule is Cc1cccc(NC(=O)CCC(CCN)C(C)(C)C)n1. The molecule has 20 heavy (non-hydrogen) atoms. The quantitative estimate of drug-likeness (QED) is 0.839. The van der Waals surface area contributed by atoms with Crippen molar-refractivity contribution in [2.45, 2.75) is 47.0 Å². The molecule has 0 aliphatic carbocycles. The van der Waals surface area contributed by atoms with Crippen LogP contribution < -0.4 is 11.1 Å². The van der Waals surface area contributed by atoms with Gasteiger partial charge in [0.05, 0.1) is 0 Å². The standard InChI is InChI=1S/C16H27N3O/c1-12-6-5-7-14(18-12)19-15(20)9-8-13(10-11-17)16(2,3)4/h5-7,13H,8-11,17H2,1-4H3,(H,18,19,20). The minimum Gasteiger partial charge on any atom is -0.330 e. The Hall–Kier alpha value is -1.42. The van der Waals surface area contributed by atoms with E-state index in [-0.39, 0.29) is 11.3 Å². The van der Waals surface area contributed by atoms with E-state index in [1.807, 2.05) is 25.1 Å². The largest absolute Gasteiger partial charge is 0.330 e. The van der Waals surface area contributed by atoms with Gasteiger partial charge in [-0.1, -0.05) is 26.8 Å². The van der Waals surface area contributed by atoms with E-state index in [0.717, 1.165) is 18.5 Å². The number of nitrogens with zero attached hydrogens (tertiary/aromatic N) is 1. The zero-order valence-corrected chi connectivity index (χ0v) is 13.1. The van der Waals surface area contributed by atoms with Crippen LogP contribution in [0.2, 0.25) is 0 Å². The Kier molecular flexibility index (Phi) is 6.14. The molecular weight excluding hydrogens is 250 g/mol. The van der Waals surface area contributed by atoms with Crippen molar-refractivity contribution in [1.82, 2.24) is 4.98 Å². The van der Waals surface area contributed by atoms with Gasteiger partial charge in [0, 0.05) is 12.1 Å². The number of rotatable bonds is 6. The third-order valence-electron chi connectivity index (χ3n) is 3.62. The summed E-state index contributed by atoms with van der Waals surface area (Å²) in [6, 6.07) is 5.61. The van der Waals surface area contributed by atoms with Gasteiger partial charge in [-0.3, -0.25) is 4.79 Å². The highest BCUT2D eigenvalue weighted by molar-refractivity contribution is 5.89. The lowest BCUT2D eigenvalue weighted by molar-refractivity contribution is -0.116. The molecule has 0 radical (unpaired) electrons. The van der Waals surface area contributed by atoms with Crippen molar-refractivity contribution in [3.63, 3.8) is 0 Å². The summed E-state index contributed by atoms with van der Waals surface area (Å²) in [6.45, 7) is 9.18. The lowest BCUT2D eigenvalue weighted by Crippen LogP contribution is -2.25. The van der Waals surface area contributed by atoms with E-state index >= 15 is 0 Å². The first-order valence-corrected chi connectivity index (χ1v) is 7.26. The van der Waals surface area contributed by atoms with Gasteiger partial charge >= 0.3 is 0 Å². The van der Waals surface area contributed by atoms with E-state index in [2.05, 4.69) is 31.1 Å². The Morgan fingerprint density at radius 3 is 2.60 bits per heavy atom. The second-order valence-corrected chi connectivity index (χ2v) is 6.39. The van der Waals surface area contributed by atoms with Gasteiger partial charge in [-0.2, -0.15) is 0 Å². The maximum absolute atomic E-state index is 12.0. The van der Waals surface area contributed by atoms with Crippen molar-refractivity contribution in [2.24, 2.45) is 17.1 Å². The summed E-state index contributed by atoms with van der Waals surface area (Å²) >= 11 is 0. The van der Waals surface area contributed by atoms with Crippen molar-refractivity contribution in [1.29, 1.82) is 0 Å². The molecule has 0 fully saturated rings. The zero-order chi connectivity index (χ0) is 15.2. The fraction of sp³-hybridized carbons (Fsp3) is 0.625. The van der Waals surface area contributed by atoms with E-state index in [4.69, 9.17) is 5.73 Å². The average Bonchev–Trinajstić information content (AvgIpc) is 2.33. The van der Waals surface area contributed by atoms with Gasteiger partial charge in [0.2, 0.25) is 5.91 Å². The van der Waals surface area contributed by atoms with E-state index < -0.39 is 0 Å². The van der Waals surface area contributed by atoms with E-state index in [0.29, 0.717) is 24.7 Å². The lowest BCUT2D eigenvalue weighted by Gasteiger charge is -2.30. The summed E-state index contributed by atoms with van der Waals surface area (Å²) < 4.78 is 0. The smallest absolute Gasteiger partial charge is 0.225 e. The number of aryl methyl sites for hydroxylation is 1. The molecule has 0 spiro atoms. The van der Waals surface area contributed by atoms with Crippen LogP contribution in [0.25, 0.3) is 0 Å². The molecule has 1 heterocycles. The van der Waals surface area contributed by atoms with Crippen LogP contribution in [0.15, 0.2) is 18.2 Å². The Morgan fingerprint density at radius 2 is 2.05 bits per heavy atom. The first kappa shape index (κ1) is 16.6. The number of nitrogens with one attached hydrogen (secondary N) is 1. The number of amides is 1. The summed E-state index contributed by atoms with van der Waals surface area (Å²) in [6.07, 6.45) is 2.33. The number of hydrogen-bond donors (Lipinski definition) is 2. The summed E-state index contributed by atoms with van der Waals surface area (Å²) in [5.74, 6) is 1.11. The fourth-order valence-electron chi connectivity index (χ4n) is 2.33. The molecule has 1 rings (SSSR count). The van der Waals surface area contributed by atoms with E-state index in [1.165, 1.54) is 0 Å². The average molecular weight is 277 g/mol. The van der Waals surface area contributed by atoms with E-state index in [1.54, 1.807) is 0 Å². The number of hydrogen-bond acceptors (Lipinski definition) is 3. The summed E-state index contributed by atoms with van der Waals surface area (Å²) in [5.41, 5.74) is 6.75. The third-order valence-corrected chi connectivity index (χ3v) is 3.62. The molecule has 0 aliphatic rings. The molecule has 1 aromatic rings. The van der Waals surface area contributed by atoms with Crippen molar-refractivity contribution >= 4 is 11.7 Å². The van der Waals surface area contributed by atoms with Gasteiger partial charge < -0.3 is 11.1 Å². The molecule has 1 aromatic heterocycles. The molecule has 0 saturated carbocycles. The van der Waals surface area contributed by atoms with Crippen molar-refractivity contribution in [2.75, 3.05) is 11.9 Å². The van der Waals surface area contributed by atoms with Crippen molar-refractivity contribution in [3.8, 4) is 0 Å². The second-order valence-electron chi connectivity index (χ2n) is 6.39. The molecule has 4 nitrogen and oxygen atoms in total. The Labute approximate surface area is 122 Å². The molecule has 0 saturated heterocycles. The summed E-state index contributed by atoms with van der Waals surface area (Å²) in [5, 5.41) is 2.85. The van der Waals surface area contributed by atoms with Gasteiger partial charge in [-0.15, -0.1) is 0 Å². The highest BCUT2D eigenvalue weighted by atomic mass is 16.1. The van der Waals surface area contributed by atoms with Crippen LogP contribution in [0.1, 0.15) is 45.7 Å². The molecule has 4 heteroatoms. The molecule has 0 aromatic carbocycles. The van der Waals surface area contributed by atoms with E-state index in [9.17, 15) is 4.79 Å². The normalized spacial score (nSPS) is 13.1. The minimum absolute atomic E-state index is 0.0226. The van der Waals surface area contributed by atoms with Gasteiger partial charge in [-0.25, -0.2) is 4.98 Å². The molecule has 1 atom stereocenters. The van der Waals surface area contributed by atoms with Gasteiger partial charge in [0.1, 0.15) is 5.82 Å². The second kappa shape index (κ2) is 7.39. The van der Waals surface area contributed by atoms with Crippen LogP contribution in [0.4, 0.5) is 5.82 Å². The van der Waals surface area contributed by atoms with Gasteiger partial charge in [-0.05, 0) is 49.8 Å². The highest BCUT2D eigenvalue weighted by Gasteiger charge is 2.24. The number of nitrogens with two attached hydrogens (primary N) is 1. The molecule has 112 valence electrons. The van der Waals surface area contributed by atoms with Crippen LogP contribution in [0.3, 0.4) is 0 Å². The first-order valence-electron chi connectivity index (χ1n) is 7.26. The van der Waals surface area contributed by atoms with Crippen molar-refractivity contribution < 1.29 is 4.79 Å². The van der Waals surface area contributed by atoms with Crippen LogP contribution in [-0.4, -0.2) is 17.4 Å². The molecule has 0 bridgehead atoms. The molecule has 1 unspecified atom stereocenters. The number of aromatic nitrogens is 1. The molecule has 0 aliphatic heterocycles. The Balaban J connectivity index is 2.50. The molecular formula is C16H27N3O. The Morgan fingerprint density at radius 1 is 1.35 bits per heavy atom. The molecule has 3 N–H and O–H groups in total. The summed E-state index contributed by atoms with van der Waals surface area (Å²) in [7, 11) is 0. The zero-order valence-electron chi connectivity index (χ0n) is 13.1. The predicted molar refractivity (Wildman–Crippen MR) is 83.5 cm³/mol. The summed E-state index contributed by atoms with van der Waals surface area (Å²) in [4.78, 5) is 16.3. The number of pyridine rings is 1. The van der Waals surface area contributed by atoms with Crippen LogP contribution in [0, 0.1) is 18.3 Å². The topological polar surface area (TPSA) is 68.0 Å². The maximum Gasteiger partial charge on any atom is 0.225 e. The number of anilines is 1. The first-order chi connectivity index (χ1) is 9.32. The van der Waals surface area contributed by atoms with Crippen LogP contribution in [0.5, 0.6) is 0 Å². The highest BCUT2D eigenvalue weighted by Crippen LogP contribution is 2.32. The third kappa shape index (κ3) is 5.70. The predicted octanol–water partition coefficient (Wildman–Crippen LogP) is 3.12. The monoisotopic (exact) mass is 277 g/mol. The fourth-order valence-corrected chi connectivity index (χ4v) is 2.33. The Bertz CT molecular complexity index is 438. The minimum atomic E-state index is 0.0226. The number of carbonyl (C=O) groups is 1. The van der Waals surface area contributed by atoms with Gasteiger partial charge in [0.25, 0.3) is 0 Å². The van der Waals surface area contributed by atoms with Crippen LogP contribution >= 0.6 is 0 Å².